The SMILES string of the molecule is O=C([O-])c1csc(-c2cc(Cl)ccc2OCc2ccccc2)n1.[Na+]. The molecule has 7 heteroatoms. The van der Waals surface area contributed by atoms with Crippen LogP contribution in [0, 0.1) is 0 Å². The molecular weight excluding hydrogens is 357 g/mol. The molecule has 0 aliphatic heterocycles. The van der Waals surface area contributed by atoms with E-state index in [9.17, 15) is 9.90 Å². The predicted molar refractivity (Wildman–Crippen MR) is 87.7 cm³/mol. The number of carbonyl (C=O) groups excluding carboxylic acids is 1. The van der Waals surface area contributed by atoms with Crippen LogP contribution in [0.25, 0.3) is 10.6 Å². The summed E-state index contributed by atoms with van der Waals surface area (Å²) in [5.41, 5.74) is 1.59. The van der Waals surface area contributed by atoms with Gasteiger partial charge in [0, 0.05) is 10.4 Å². The topological polar surface area (TPSA) is 62.2 Å². The number of carbonyl (C=O) groups is 1. The minimum absolute atomic E-state index is 0. The van der Waals surface area contributed by atoms with E-state index in [1.165, 1.54) is 16.7 Å². The molecule has 0 radical (unpaired) electrons. The van der Waals surface area contributed by atoms with Gasteiger partial charge in [-0.2, -0.15) is 0 Å². The first kappa shape index (κ1) is 19.0. The predicted octanol–water partition coefficient (Wildman–Crippen LogP) is 0.410. The zero-order valence-corrected chi connectivity index (χ0v) is 16.4. The van der Waals surface area contributed by atoms with E-state index in [-0.39, 0.29) is 35.3 Å². The van der Waals surface area contributed by atoms with Gasteiger partial charge in [0.25, 0.3) is 0 Å². The third-order valence-electron chi connectivity index (χ3n) is 3.12. The Bertz CT molecular complexity index is 839. The van der Waals surface area contributed by atoms with Crippen LogP contribution in [0.5, 0.6) is 5.75 Å². The zero-order chi connectivity index (χ0) is 16.2. The number of aromatic nitrogens is 1. The number of hydrogen-bond acceptors (Lipinski definition) is 5. The van der Waals surface area contributed by atoms with Crippen LogP contribution >= 0.6 is 22.9 Å². The largest absolute Gasteiger partial charge is 1.00 e. The van der Waals surface area contributed by atoms with E-state index in [1.54, 1.807) is 18.2 Å². The second kappa shape index (κ2) is 8.65. The second-order valence-electron chi connectivity index (χ2n) is 4.74. The number of hydrogen-bond donors (Lipinski definition) is 0. The molecule has 2 aromatic carbocycles. The van der Waals surface area contributed by atoms with E-state index in [1.807, 2.05) is 30.3 Å². The molecule has 1 heterocycles. The summed E-state index contributed by atoms with van der Waals surface area (Å²) in [6.07, 6.45) is 0. The van der Waals surface area contributed by atoms with Crippen LogP contribution in [0.1, 0.15) is 16.1 Å². The number of benzene rings is 2. The van der Waals surface area contributed by atoms with Crippen molar-refractivity contribution in [3.8, 4) is 16.3 Å². The van der Waals surface area contributed by atoms with Crippen molar-refractivity contribution in [2.75, 3.05) is 0 Å². The van der Waals surface area contributed by atoms with Gasteiger partial charge in [0.2, 0.25) is 0 Å². The standard InChI is InChI=1S/C17H12ClNO3S.Na/c18-12-6-7-15(22-9-11-4-2-1-3-5-11)13(8-12)16-19-14(10-23-16)17(20)21;/h1-8,10H,9H2,(H,20,21);/q;+1/p-1. The number of carboxylic acid groups (broad SMARTS) is 1. The molecule has 0 amide bonds. The summed E-state index contributed by atoms with van der Waals surface area (Å²) in [6.45, 7) is 0.397. The summed E-state index contributed by atoms with van der Waals surface area (Å²) in [6, 6.07) is 14.9. The summed E-state index contributed by atoms with van der Waals surface area (Å²) in [5.74, 6) is -0.709. The van der Waals surface area contributed by atoms with Crippen molar-refractivity contribution in [1.82, 2.24) is 4.98 Å². The number of halogens is 1. The van der Waals surface area contributed by atoms with Crippen LogP contribution in [0.15, 0.2) is 53.9 Å². The van der Waals surface area contributed by atoms with Crippen molar-refractivity contribution in [3.63, 3.8) is 0 Å². The van der Waals surface area contributed by atoms with Gasteiger partial charge in [-0.3, -0.25) is 0 Å². The molecule has 0 N–H and O–H groups in total. The fraction of sp³-hybridized carbons (Fsp3) is 0.0588. The van der Waals surface area contributed by atoms with Crippen LogP contribution in [-0.4, -0.2) is 11.0 Å². The summed E-state index contributed by atoms with van der Waals surface area (Å²) in [7, 11) is 0. The van der Waals surface area contributed by atoms with Crippen molar-refractivity contribution in [3.05, 3.63) is 70.2 Å². The van der Waals surface area contributed by atoms with Crippen LogP contribution in [0.3, 0.4) is 0 Å². The van der Waals surface area contributed by atoms with E-state index in [0.29, 0.717) is 28.0 Å². The molecule has 4 nitrogen and oxygen atoms in total. The molecule has 0 bridgehead atoms. The fourth-order valence-corrected chi connectivity index (χ4v) is 3.00. The smallest absolute Gasteiger partial charge is 0.543 e. The average molecular weight is 368 g/mol. The molecule has 3 aromatic rings. The van der Waals surface area contributed by atoms with Gasteiger partial charge in [-0.15, -0.1) is 11.3 Å². The number of aromatic carboxylic acids is 1. The number of nitrogens with zero attached hydrogens (tertiary/aromatic N) is 1. The Morgan fingerprint density at radius 3 is 2.62 bits per heavy atom. The van der Waals surface area contributed by atoms with Crippen LogP contribution in [0.2, 0.25) is 5.02 Å². The molecule has 0 aliphatic carbocycles. The van der Waals surface area contributed by atoms with Gasteiger partial charge in [-0.1, -0.05) is 41.9 Å². The molecule has 1 aromatic heterocycles. The Kier molecular flexibility index (Phi) is 6.83. The zero-order valence-electron chi connectivity index (χ0n) is 12.9. The molecule has 0 fully saturated rings. The first-order valence-electron chi connectivity index (χ1n) is 6.77. The monoisotopic (exact) mass is 367 g/mol. The van der Waals surface area contributed by atoms with Crippen molar-refractivity contribution in [2.24, 2.45) is 0 Å². The Balaban J connectivity index is 0.00000208. The third-order valence-corrected chi connectivity index (χ3v) is 4.23. The minimum atomic E-state index is -1.30. The minimum Gasteiger partial charge on any atom is -0.543 e. The second-order valence-corrected chi connectivity index (χ2v) is 6.03. The molecule has 0 aliphatic rings. The maximum absolute atomic E-state index is 10.9. The number of rotatable bonds is 5. The number of ether oxygens (including phenoxy) is 1. The summed E-state index contributed by atoms with van der Waals surface area (Å²) in [5, 5.41) is 13.4. The quantitative estimate of drug-likeness (QED) is 0.613. The molecule has 0 spiro atoms. The Morgan fingerprint density at radius 2 is 1.96 bits per heavy atom. The third kappa shape index (κ3) is 4.59. The normalized spacial score (nSPS) is 10.0. The van der Waals surface area contributed by atoms with E-state index in [2.05, 4.69) is 4.98 Å². The van der Waals surface area contributed by atoms with Gasteiger partial charge in [0.1, 0.15) is 17.4 Å². The van der Waals surface area contributed by atoms with Gasteiger partial charge in [-0.05, 0) is 23.8 Å². The first-order chi connectivity index (χ1) is 11.1. The first-order valence-corrected chi connectivity index (χ1v) is 8.03. The van der Waals surface area contributed by atoms with Crippen LogP contribution in [0.4, 0.5) is 0 Å². The van der Waals surface area contributed by atoms with Gasteiger partial charge < -0.3 is 14.6 Å². The van der Waals surface area contributed by atoms with Crippen LogP contribution in [-0.2, 0) is 6.61 Å². The van der Waals surface area contributed by atoms with Crippen molar-refractivity contribution in [1.29, 1.82) is 0 Å². The van der Waals surface area contributed by atoms with Crippen LogP contribution < -0.4 is 39.4 Å². The maximum Gasteiger partial charge on any atom is 1.00 e. The molecule has 0 saturated carbocycles. The molecule has 3 rings (SSSR count). The van der Waals surface area contributed by atoms with Crippen molar-refractivity contribution < 1.29 is 44.2 Å². The van der Waals surface area contributed by atoms with Crippen molar-refractivity contribution in [2.45, 2.75) is 6.61 Å². The average Bonchev–Trinajstić information content (AvgIpc) is 3.05. The van der Waals surface area contributed by atoms with E-state index in [4.69, 9.17) is 16.3 Å². The summed E-state index contributed by atoms with van der Waals surface area (Å²) < 4.78 is 5.85. The Labute approximate surface area is 170 Å². The Morgan fingerprint density at radius 1 is 1.21 bits per heavy atom. The molecule has 24 heavy (non-hydrogen) atoms. The number of carboxylic acids is 1. The molecule has 0 saturated heterocycles. The summed E-state index contributed by atoms with van der Waals surface area (Å²) >= 11 is 7.25. The molecular formula is C17H11ClNNaO3S. The summed E-state index contributed by atoms with van der Waals surface area (Å²) in [4.78, 5) is 14.9. The van der Waals surface area contributed by atoms with Gasteiger partial charge >= 0.3 is 29.6 Å². The molecule has 0 unspecified atom stereocenters. The van der Waals surface area contributed by atoms with E-state index < -0.39 is 5.97 Å². The van der Waals surface area contributed by atoms with Crippen molar-refractivity contribution >= 4 is 28.9 Å². The Hall–Kier alpha value is -1.37. The van der Waals surface area contributed by atoms with Gasteiger partial charge in [0.15, 0.2) is 0 Å². The van der Waals surface area contributed by atoms with Gasteiger partial charge in [-0.25, -0.2) is 4.98 Å². The number of thiazole rings is 1. The molecule has 116 valence electrons. The van der Waals surface area contributed by atoms with E-state index in [0.717, 1.165) is 5.56 Å². The maximum atomic E-state index is 10.9. The van der Waals surface area contributed by atoms with Gasteiger partial charge in [0.05, 0.1) is 17.2 Å². The fourth-order valence-electron chi connectivity index (χ4n) is 2.02. The molecule has 0 atom stereocenters. The van der Waals surface area contributed by atoms with E-state index >= 15 is 0 Å².